The van der Waals surface area contributed by atoms with Crippen LogP contribution in [0, 0.1) is 0 Å². The molecule has 7 aromatic carbocycles. The van der Waals surface area contributed by atoms with Gasteiger partial charge in [-0.3, -0.25) is 0 Å². The molecule has 0 aliphatic rings. The third kappa shape index (κ3) is 4.27. The molecule has 210 valence electrons. The van der Waals surface area contributed by atoms with Gasteiger partial charge in [-0.05, 0) is 45.5 Å². The summed E-state index contributed by atoms with van der Waals surface area (Å²) in [7, 11) is 0. The number of benzene rings is 7. The Morgan fingerprint density at radius 2 is 0.867 bits per heavy atom. The van der Waals surface area contributed by atoms with Crippen molar-refractivity contribution >= 4 is 43.5 Å². The molecule has 0 amide bonds. The maximum absolute atomic E-state index is 6.42. The van der Waals surface area contributed by atoms with Crippen LogP contribution in [0.3, 0.4) is 0 Å². The van der Waals surface area contributed by atoms with Gasteiger partial charge in [-0.15, -0.1) is 0 Å². The van der Waals surface area contributed by atoms with E-state index < -0.39 is 0 Å². The Morgan fingerprint density at radius 3 is 1.58 bits per heavy atom. The van der Waals surface area contributed by atoms with Gasteiger partial charge in [-0.25, -0.2) is 15.0 Å². The largest absolute Gasteiger partial charge is 0.455 e. The average molecular weight is 576 g/mol. The fourth-order valence-electron chi connectivity index (χ4n) is 6.36. The van der Waals surface area contributed by atoms with Crippen molar-refractivity contribution in [2.75, 3.05) is 0 Å². The van der Waals surface area contributed by atoms with Crippen LogP contribution in [-0.4, -0.2) is 15.0 Å². The van der Waals surface area contributed by atoms with Gasteiger partial charge in [0, 0.05) is 32.8 Å². The Bertz CT molecular complexity index is 2480. The molecule has 4 heteroatoms. The van der Waals surface area contributed by atoms with E-state index in [1.54, 1.807) is 0 Å². The number of aromatic nitrogens is 3. The van der Waals surface area contributed by atoms with Gasteiger partial charge in [-0.1, -0.05) is 133 Å². The highest BCUT2D eigenvalue weighted by Crippen LogP contribution is 2.42. The summed E-state index contributed by atoms with van der Waals surface area (Å²) in [6.45, 7) is 0. The maximum Gasteiger partial charge on any atom is 0.164 e. The summed E-state index contributed by atoms with van der Waals surface area (Å²) in [6, 6.07) is 52.2. The van der Waals surface area contributed by atoms with Gasteiger partial charge in [0.2, 0.25) is 0 Å². The highest BCUT2D eigenvalue weighted by atomic mass is 16.3. The smallest absolute Gasteiger partial charge is 0.164 e. The van der Waals surface area contributed by atoms with Crippen LogP contribution in [0.1, 0.15) is 0 Å². The van der Waals surface area contributed by atoms with Crippen LogP contribution in [0.25, 0.3) is 88.8 Å². The van der Waals surface area contributed by atoms with E-state index in [0.29, 0.717) is 17.5 Å². The van der Waals surface area contributed by atoms with Crippen LogP contribution < -0.4 is 0 Å². The van der Waals surface area contributed by atoms with Gasteiger partial charge in [0.05, 0.1) is 0 Å². The standard InChI is InChI=1S/C41H25N3O/c1-3-12-26(13-4-1)39-42-40(27-14-5-2-6-15-27)44-41(43-39)30-17-11-16-28(24-30)29-22-23-32-35(25-29)31-18-7-8-19-33(31)38-37(32)34-20-9-10-21-36(34)45-38/h1-25H. The van der Waals surface area contributed by atoms with Crippen LogP contribution in [-0.2, 0) is 0 Å². The maximum atomic E-state index is 6.42. The minimum Gasteiger partial charge on any atom is -0.455 e. The molecule has 0 fully saturated rings. The molecule has 9 aromatic rings. The lowest BCUT2D eigenvalue weighted by Gasteiger charge is -2.11. The molecule has 0 spiro atoms. The van der Waals surface area contributed by atoms with Crippen LogP contribution in [0.15, 0.2) is 156 Å². The van der Waals surface area contributed by atoms with E-state index in [1.165, 1.54) is 16.2 Å². The zero-order chi connectivity index (χ0) is 29.7. The molecule has 0 N–H and O–H groups in total. The lowest BCUT2D eigenvalue weighted by molar-refractivity contribution is 0.673. The van der Waals surface area contributed by atoms with Crippen LogP contribution in [0.4, 0.5) is 0 Å². The summed E-state index contributed by atoms with van der Waals surface area (Å²) in [5.74, 6) is 1.94. The minimum absolute atomic E-state index is 0.641. The average Bonchev–Trinajstić information content (AvgIpc) is 3.52. The fraction of sp³-hybridized carbons (Fsp3) is 0. The lowest BCUT2D eigenvalue weighted by Crippen LogP contribution is -2.00. The Labute approximate surface area is 259 Å². The van der Waals surface area contributed by atoms with Gasteiger partial charge in [-0.2, -0.15) is 0 Å². The first-order valence-corrected chi connectivity index (χ1v) is 15.0. The predicted molar refractivity (Wildman–Crippen MR) is 184 cm³/mol. The van der Waals surface area contributed by atoms with Crippen LogP contribution in [0.5, 0.6) is 0 Å². The first kappa shape index (κ1) is 25.4. The van der Waals surface area contributed by atoms with Gasteiger partial charge >= 0.3 is 0 Å². The number of rotatable bonds is 4. The zero-order valence-corrected chi connectivity index (χ0v) is 24.2. The van der Waals surface area contributed by atoms with E-state index in [-0.39, 0.29) is 0 Å². The van der Waals surface area contributed by atoms with Crippen molar-refractivity contribution in [3.63, 3.8) is 0 Å². The molecule has 2 aromatic heterocycles. The van der Waals surface area contributed by atoms with E-state index in [9.17, 15) is 0 Å². The summed E-state index contributed by atoms with van der Waals surface area (Å²) in [5, 5.41) is 6.98. The normalized spacial score (nSPS) is 11.6. The van der Waals surface area contributed by atoms with E-state index in [2.05, 4.69) is 78.9 Å². The van der Waals surface area contributed by atoms with Crippen LogP contribution in [0.2, 0.25) is 0 Å². The van der Waals surface area contributed by atoms with Gasteiger partial charge in [0.1, 0.15) is 11.2 Å². The number of fused-ring (bicyclic) bond motifs is 8. The highest BCUT2D eigenvalue weighted by molar-refractivity contribution is 6.30. The van der Waals surface area contributed by atoms with Crippen LogP contribution >= 0.6 is 0 Å². The Hall–Kier alpha value is -6.13. The molecule has 4 nitrogen and oxygen atoms in total. The molecule has 2 heterocycles. The number of nitrogens with zero attached hydrogens (tertiary/aromatic N) is 3. The molecular weight excluding hydrogens is 550 g/mol. The number of hydrogen-bond acceptors (Lipinski definition) is 4. The van der Waals surface area contributed by atoms with E-state index >= 15 is 0 Å². The topological polar surface area (TPSA) is 51.8 Å². The molecule has 0 aliphatic carbocycles. The second-order valence-electron chi connectivity index (χ2n) is 11.2. The molecule has 0 saturated carbocycles. The first-order chi connectivity index (χ1) is 22.3. The van der Waals surface area contributed by atoms with Crippen molar-refractivity contribution in [2.45, 2.75) is 0 Å². The number of furan rings is 1. The second kappa shape index (κ2) is 10.2. The quantitative estimate of drug-likeness (QED) is 0.196. The number of hydrogen-bond donors (Lipinski definition) is 0. The van der Waals surface area contributed by atoms with Crippen molar-refractivity contribution in [2.24, 2.45) is 0 Å². The molecule has 0 saturated heterocycles. The van der Waals surface area contributed by atoms with E-state index in [4.69, 9.17) is 19.4 Å². The minimum atomic E-state index is 0.641. The van der Waals surface area contributed by atoms with Gasteiger partial charge < -0.3 is 4.42 Å². The highest BCUT2D eigenvalue weighted by Gasteiger charge is 2.17. The molecule has 0 atom stereocenters. The Morgan fingerprint density at radius 1 is 0.333 bits per heavy atom. The van der Waals surface area contributed by atoms with E-state index in [1.807, 2.05) is 72.8 Å². The molecular formula is C41H25N3O. The summed E-state index contributed by atoms with van der Waals surface area (Å²) >= 11 is 0. The molecule has 9 rings (SSSR count). The van der Waals surface area contributed by atoms with Gasteiger partial charge in [0.25, 0.3) is 0 Å². The lowest BCUT2D eigenvalue weighted by atomic mass is 9.93. The predicted octanol–water partition coefficient (Wildman–Crippen LogP) is 10.7. The van der Waals surface area contributed by atoms with Crippen molar-refractivity contribution in [1.29, 1.82) is 0 Å². The second-order valence-corrected chi connectivity index (χ2v) is 11.2. The summed E-state index contributed by atoms with van der Waals surface area (Å²) in [6.07, 6.45) is 0. The monoisotopic (exact) mass is 575 g/mol. The van der Waals surface area contributed by atoms with Crippen molar-refractivity contribution in [3.05, 3.63) is 152 Å². The molecule has 45 heavy (non-hydrogen) atoms. The summed E-state index contributed by atoms with van der Waals surface area (Å²) in [4.78, 5) is 14.8. The van der Waals surface area contributed by atoms with Crippen molar-refractivity contribution < 1.29 is 4.42 Å². The molecule has 0 unspecified atom stereocenters. The van der Waals surface area contributed by atoms with Crippen molar-refractivity contribution in [3.8, 4) is 45.3 Å². The molecule has 0 bridgehead atoms. The fourth-order valence-corrected chi connectivity index (χ4v) is 6.36. The third-order valence-corrected chi connectivity index (χ3v) is 8.50. The number of para-hydroxylation sites is 1. The first-order valence-electron chi connectivity index (χ1n) is 15.0. The Balaban J connectivity index is 1.23. The SMILES string of the molecule is c1ccc(-c2nc(-c3ccccc3)nc(-c3cccc(-c4ccc5c(c4)c4ccccc4c4oc6ccccc6c54)c3)n2)cc1. The Kier molecular flexibility index (Phi) is 5.78. The summed E-state index contributed by atoms with van der Waals surface area (Å²) < 4.78 is 6.42. The van der Waals surface area contributed by atoms with E-state index in [0.717, 1.165) is 55.1 Å². The van der Waals surface area contributed by atoms with Crippen molar-refractivity contribution in [1.82, 2.24) is 15.0 Å². The van der Waals surface area contributed by atoms with Gasteiger partial charge in [0.15, 0.2) is 17.5 Å². The molecule has 0 aliphatic heterocycles. The molecule has 0 radical (unpaired) electrons. The third-order valence-electron chi connectivity index (χ3n) is 8.50. The zero-order valence-electron chi connectivity index (χ0n) is 24.2. The summed E-state index contributed by atoms with van der Waals surface area (Å²) in [5.41, 5.74) is 6.91.